The molecule has 0 unspecified atom stereocenters. The monoisotopic (exact) mass is 516 g/mol. The maximum Gasteiger partial charge on any atom is 0.243 e. The Hall–Kier alpha value is -2.53. The normalized spacial score (nSPS) is 11.6. The summed E-state index contributed by atoms with van der Waals surface area (Å²) in [6, 6.07) is 21.3. The first-order valence-electron chi connectivity index (χ1n) is 11.2. The molecule has 0 radical (unpaired) electrons. The van der Waals surface area contributed by atoms with Crippen molar-refractivity contribution in [2.45, 2.75) is 38.8 Å². The van der Waals surface area contributed by atoms with Crippen LogP contribution in [-0.2, 0) is 29.0 Å². The van der Waals surface area contributed by atoms with Gasteiger partial charge >= 0.3 is 0 Å². The van der Waals surface area contributed by atoms with E-state index < -0.39 is 6.04 Å². The van der Waals surface area contributed by atoms with E-state index in [2.05, 4.69) is 5.32 Å². The summed E-state index contributed by atoms with van der Waals surface area (Å²) in [6.07, 6.45) is 1.19. The largest absolute Gasteiger partial charge is 0.354 e. The number of amides is 2. The number of nitrogens with one attached hydrogen (secondary N) is 1. The summed E-state index contributed by atoms with van der Waals surface area (Å²) in [4.78, 5) is 28.6. The topological polar surface area (TPSA) is 49.4 Å². The second-order valence-electron chi connectivity index (χ2n) is 7.99. The second kappa shape index (κ2) is 12.8. The van der Waals surface area contributed by atoms with Gasteiger partial charge in [0.25, 0.3) is 0 Å². The van der Waals surface area contributed by atoms with Crippen molar-refractivity contribution in [3.8, 4) is 0 Å². The van der Waals surface area contributed by atoms with Crippen molar-refractivity contribution in [1.29, 1.82) is 0 Å². The van der Waals surface area contributed by atoms with Crippen LogP contribution in [0.25, 0.3) is 0 Å². The fourth-order valence-corrected chi connectivity index (χ4v) is 4.40. The number of benzene rings is 3. The van der Waals surface area contributed by atoms with E-state index in [1.807, 2.05) is 55.5 Å². The van der Waals surface area contributed by atoms with Gasteiger partial charge in [-0.2, -0.15) is 0 Å². The molecule has 0 spiro atoms. The Labute approximate surface area is 215 Å². The molecule has 0 heterocycles. The van der Waals surface area contributed by atoms with Crippen molar-refractivity contribution in [2.75, 3.05) is 6.54 Å². The van der Waals surface area contributed by atoms with Crippen LogP contribution in [0.4, 0.5) is 0 Å². The van der Waals surface area contributed by atoms with E-state index in [0.717, 1.165) is 12.0 Å². The lowest BCUT2D eigenvalue weighted by molar-refractivity contribution is -0.140. The summed E-state index contributed by atoms with van der Waals surface area (Å²) in [5.74, 6) is -0.460. The van der Waals surface area contributed by atoms with E-state index in [-0.39, 0.29) is 24.8 Å². The lowest BCUT2D eigenvalue weighted by Gasteiger charge is -2.32. The Morgan fingerprint density at radius 3 is 2.12 bits per heavy atom. The molecule has 1 N–H and O–H groups in total. The second-order valence-corrected chi connectivity index (χ2v) is 9.21. The highest BCUT2D eigenvalue weighted by molar-refractivity contribution is 6.36. The number of rotatable bonds is 10. The Kier molecular flexibility index (Phi) is 9.82. The summed E-state index contributed by atoms with van der Waals surface area (Å²) >= 11 is 19.2. The van der Waals surface area contributed by atoms with Gasteiger partial charge < -0.3 is 10.2 Å². The van der Waals surface area contributed by atoms with E-state index in [1.54, 1.807) is 29.2 Å². The smallest absolute Gasteiger partial charge is 0.243 e. The van der Waals surface area contributed by atoms with Crippen LogP contribution in [0.15, 0.2) is 72.8 Å². The first-order valence-corrected chi connectivity index (χ1v) is 12.3. The molecule has 3 rings (SSSR count). The molecule has 34 heavy (non-hydrogen) atoms. The molecule has 7 heteroatoms. The number of hydrogen-bond acceptors (Lipinski definition) is 2. The van der Waals surface area contributed by atoms with Gasteiger partial charge in [0, 0.05) is 40.1 Å². The molecule has 0 aliphatic heterocycles. The Balaban J connectivity index is 2.01. The van der Waals surface area contributed by atoms with Gasteiger partial charge in [-0.05, 0) is 35.7 Å². The molecule has 0 bridgehead atoms. The van der Waals surface area contributed by atoms with Crippen LogP contribution in [0.5, 0.6) is 0 Å². The van der Waals surface area contributed by atoms with E-state index in [9.17, 15) is 9.59 Å². The molecule has 1 atom stereocenters. The van der Waals surface area contributed by atoms with Crippen LogP contribution in [0, 0.1) is 0 Å². The molecule has 178 valence electrons. The molecular weight excluding hydrogens is 491 g/mol. The van der Waals surface area contributed by atoms with Gasteiger partial charge in [0.15, 0.2) is 0 Å². The van der Waals surface area contributed by atoms with Crippen LogP contribution in [0.3, 0.4) is 0 Å². The van der Waals surface area contributed by atoms with Crippen molar-refractivity contribution in [2.24, 2.45) is 0 Å². The van der Waals surface area contributed by atoms with E-state index >= 15 is 0 Å². The molecule has 0 aliphatic rings. The molecule has 0 fully saturated rings. The zero-order valence-corrected chi connectivity index (χ0v) is 21.2. The number of carbonyl (C=O) groups is 2. The van der Waals surface area contributed by atoms with Gasteiger partial charge in [0.05, 0.1) is 6.42 Å². The Morgan fingerprint density at radius 1 is 0.853 bits per heavy atom. The first-order chi connectivity index (χ1) is 16.4. The van der Waals surface area contributed by atoms with Crippen molar-refractivity contribution in [3.05, 3.63) is 105 Å². The van der Waals surface area contributed by atoms with Crippen molar-refractivity contribution >= 4 is 46.6 Å². The van der Waals surface area contributed by atoms with Crippen molar-refractivity contribution < 1.29 is 9.59 Å². The third-order valence-corrected chi connectivity index (χ3v) is 6.59. The van der Waals surface area contributed by atoms with Crippen molar-refractivity contribution in [1.82, 2.24) is 10.2 Å². The number of carbonyl (C=O) groups excluding carboxylic acids is 2. The van der Waals surface area contributed by atoms with Crippen LogP contribution >= 0.6 is 34.8 Å². The SMILES string of the molecule is CCCNC(=O)[C@H](Cc1ccccc1)N(Cc1c(Cl)cccc1Cl)C(=O)Cc1ccccc1Cl. The summed E-state index contributed by atoms with van der Waals surface area (Å²) in [5.41, 5.74) is 2.23. The highest BCUT2D eigenvalue weighted by Crippen LogP contribution is 2.28. The van der Waals surface area contributed by atoms with Crippen molar-refractivity contribution in [3.63, 3.8) is 0 Å². The predicted octanol–water partition coefficient (Wildman–Crippen LogP) is 6.36. The number of halogens is 3. The minimum atomic E-state index is -0.753. The predicted molar refractivity (Wildman–Crippen MR) is 139 cm³/mol. The van der Waals surface area contributed by atoms with E-state index in [4.69, 9.17) is 34.8 Å². The minimum Gasteiger partial charge on any atom is -0.354 e. The van der Waals surface area contributed by atoms with Gasteiger partial charge in [-0.25, -0.2) is 0 Å². The summed E-state index contributed by atoms with van der Waals surface area (Å²) in [7, 11) is 0. The van der Waals surface area contributed by atoms with Gasteiger partial charge in [-0.15, -0.1) is 0 Å². The standard InChI is InChI=1S/C27H27Cl3N2O2/c1-2-15-31-27(34)25(16-19-9-4-3-5-10-19)32(18-21-23(29)13-8-14-24(21)30)26(33)17-20-11-6-7-12-22(20)28/h3-14,25H,2,15-18H2,1H3,(H,31,34)/t25-/m0/s1. The fraction of sp³-hybridized carbons (Fsp3) is 0.259. The number of nitrogens with zero attached hydrogens (tertiary/aromatic N) is 1. The Morgan fingerprint density at radius 2 is 1.47 bits per heavy atom. The average molecular weight is 518 g/mol. The van der Waals surface area contributed by atoms with E-state index in [0.29, 0.717) is 39.2 Å². The summed E-state index contributed by atoms with van der Waals surface area (Å²) in [6.45, 7) is 2.60. The minimum absolute atomic E-state index is 0.0497. The van der Waals surface area contributed by atoms with Crippen LogP contribution < -0.4 is 5.32 Å². The molecule has 0 saturated carbocycles. The summed E-state index contributed by atoms with van der Waals surface area (Å²) in [5, 5.41) is 4.34. The van der Waals surface area contributed by atoms with Crippen LogP contribution in [0.1, 0.15) is 30.0 Å². The van der Waals surface area contributed by atoms with Crippen LogP contribution in [-0.4, -0.2) is 29.3 Å². The lowest BCUT2D eigenvalue weighted by Crippen LogP contribution is -2.51. The highest BCUT2D eigenvalue weighted by Gasteiger charge is 2.31. The molecule has 3 aromatic rings. The lowest BCUT2D eigenvalue weighted by atomic mass is 10.0. The molecule has 0 aromatic heterocycles. The molecule has 4 nitrogen and oxygen atoms in total. The summed E-state index contributed by atoms with van der Waals surface area (Å²) < 4.78 is 0. The fourth-order valence-electron chi connectivity index (χ4n) is 3.68. The zero-order valence-electron chi connectivity index (χ0n) is 18.9. The van der Waals surface area contributed by atoms with Gasteiger partial charge in [0.1, 0.15) is 6.04 Å². The van der Waals surface area contributed by atoms with Gasteiger partial charge in [-0.3, -0.25) is 9.59 Å². The highest BCUT2D eigenvalue weighted by atomic mass is 35.5. The molecule has 3 aromatic carbocycles. The zero-order chi connectivity index (χ0) is 24.5. The number of hydrogen-bond donors (Lipinski definition) is 1. The van der Waals surface area contributed by atoms with E-state index in [1.165, 1.54) is 0 Å². The maximum atomic E-state index is 13.7. The van der Waals surface area contributed by atoms with Gasteiger partial charge in [0.2, 0.25) is 11.8 Å². The molecule has 0 saturated heterocycles. The molecular formula is C27H27Cl3N2O2. The maximum absolute atomic E-state index is 13.7. The van der Waals surface area contributed by atoms with Gasteiger partial charge in [-0.1, -0.05) is 96.3 Å². The molecule has 0 aliphatic carbocycles. The quantitative estimate of drug-likeness (QED) is 0.340. The third-order valence-electron chi connectivity index (χ3n) is 5.51. The average Bonchev–Trinajstić information content (AvgIpc) is 2.83. The van der Waals surface area contributed by atoms with Crippen LogP contribution in [0.2, 0.25) is 15.1 Å². The third kappa shape index (κ3) is 6.99. The molecule has 2 amide bonds. The first kappa shape index (κ1) is 26.1. The Bertz CT molecular complexity index is 1100.